The Kier molecular flexibility index (Phi) is 9.45. The summed E-state index contributed by atoms with van der Waals surface area (Å²) in [5, 5.41) is 11.8. The van der Waals surface area contributed by atoms with Crippen molar-refractivity contribution in [2.24, 2.45) is 5.73 Å². The molecule has 0 saturated carbocycles. The minimum Gasteiger partial charge on any atom is -0.478 e. The van der Waals surface area contributed by atoms with E-state index in [0.717, 1.165) is 42.9 Å². The smallest absolute Gasteiger partial charge is 0.339 e. The van der Waals surface area contributed by atoms with Crippen molar-refractivity contribution >= 4 is 23.2 Å². The first-order chi connectivity index (χ1) is 18.8. The number of nitrogens with zero attached hydrogens (tertiary/aromatic N) is 5. The zero-order valence-electron chi connectivity index (χ0n) is 22.1. The van der Waals surface area contributed by atoms with Crippen molar-refractivity contribution in [1.29, 1.82) is 0 Å². The molecule has 0 saturated heterocycles. The van der Waals surface area contributed by atoms with Gasteiger partial charge in [-0.05, 0) is 62.4 Å². The summed E-state index contributed by atoms with van der Waals surface area (Å²) in [6.07, 6.45) is 9.37. The van der Waals surface area contributed by atoms with Crippen LogP contribution in [0.5, 0.6) is 0 Å². The molecule has 5 rings (SSSR count). The number of carboxylic acid groups (broad SMARTS) is 1. The number of carbonyl (C=O) groups excluding carboxylic acids is 1. The number of amides is 1. The average molecular weight is 545 g/mol. The second kappa shape index (κ2) is 13.2. The number of aryl methyl sites for hydroxylation is 3. The quantitative estimate of drug-likeness (QED) is 0.330. The van der Waals surface area contributed by atoms with Gasteiger partial charge in [0.15, 0.2) is 0 Å². The lowest BCUT2D eigenvalue weighted by Crippen LogP contribution is -2.33. The van der Waals surface area contributed by atoms with Gasteiger partial charge in [-0.25, -0.2) is 19.7 Å². The fourth-order valence-electron chi connectivity index (χ4n) is 4.86. The largest absolute Gasteiger partial charge is 0.478 e. The van der Waals surface area contributed by atoms with Gasteiger partial charge in [0.25, 0.3) is 0 Å². The van der Waals surface area contributed by atoms with Crippen LogP contribution in [0.15, 0.2) is 60.5 Å². The third-order valence-electron chi connectivity index (χ3n) is 6.74. The van der Waals surface area contributed by atoms with E-state index in [2.05, 4.69) is 32.0 Å². The van der Waals surface area contributed by atoms with Crippen LogP contribution in [0.3, 0.4) is 0 Å². The van der Waals surface area contributed by atoms with E-state index < -0.39 is 5.97 Å². The van der Waals surface area contributed by atoms with Gasteiger partial charge in [-0.1, -0.05) is 18.2 Å². The van der Waals surface area contributed by atoms with E-state index in [4.69, 9.17) is 15.8 Å². The van der Waals surface area contributed by atoms with Crippen molar-refractivity contribution in [1.82, 2.24) is 24.8 Å². The van der Waals surface area contributed by atoms with E-state index in [1.165, 1.54) is 24.0 Å². The molecule has 3 N–H and O–H groups in total. The number of benzene rings is 1. The van der Waals surface area contributed by atoms with E-state index in [0.29, 0.717) is 17.0 Å². The van der Waals surface area contributed by atoms with Crippen LogP contribution >= 0.6 is 11.3 Å². The highest BCUT2D eigenvalue weighted by Crippen LogP contribution is 2.34. The van der Waals surface area contributed by atoms with Gasteiger partial charge in [0.05, 0.1) is 28.1 Å². The van der Waals surface area contributed by atoms with Gasteiger partial charge in [0.1, 0.15) is 11.9 Å². The first-order valence-corrected chi connectivity index (χ1v) is 13.7. The zero-order valence-corrected chi connectivity index (χ0v) is 22.9. The number of hydrogen-bond donors (Lipinski definition) is 2. The van der Waals surface area contributed by atoms with Gasteiger partial charge >= 0.3 is 5.97 Å². The molecule has 1 aromatic carbocycles. The highest BCUT2D eigenvalue weighted by Gasteiger charge is 2.27. The molecule has 1 aliphatic carbocycles. The molecular weight excluding hydrogens is 512 g/mol. The molecule has 4 aromatic rings. The summed E-state index contributed by atoms with van der Waals surface area (Å²) >= 11 is 1.70. The summed E-state index contributed by atoms with van der Waals surface area (Å²) in [5.41, 5.74) is 10.9. The maximum atomic E-state index is 11.6. The first-order valence-electron chi connectivity index (χ1n) is 12.8. The lowest BCUT2D eigenvalue weighted by Gasteiger charge is -2.35. The Balaban J connectivity index is 0.000000270. The minimum atomic E-state index is -0.972. The Morgan fingerprint density at radius 1 is 1.08 bits per heavy atom. The fourth-order valence-corrected chi connectivity index (χ4v) is 5.47. The lowest BCUT2D eigenvalue weighted by atomic mass is 9.90. The Bertz CT molecular complexity index is 1410. The number of primary amides is 1. The van der Waals surface area contributed by atoms with Crippen molar-refractivity contribution in [2.45, 2.75) is 52.1 Å². The maximum Gasteiger partial charge on any atom is 0.339 e. The molecule has 0 fully saturated rings. The molecule has 10 heteroatoms. The summed E-state index contributed by atoms with van der Waals surface area (Å²) in [6.45, 7) is 4.96. The number of hydrogen-bond acceptors (Lipinski definition) is 8. The molecule has 3 heterocycles. The van der Waals surface area contributed by atoms with Crippen LogP contribution in [0, 0.1) is 13.8 Å². The van der Waals surface area contributed by atoms with E-state index in [1.54, 1.807) is 31.3 Å². The Labute approximate surface area is 231 Å². The van der Waals surface area contributed by atoms with Gasteiger partial charge in [0, 0.05) is 42.8 Å². The number of aromatic nitrogens is 4. The standard InChI is InChI=1S/C22H24N4OS.C7H8N2O2/c23-22(27)18-6-1-4-16(14-18)15-26(12-9-20-24-11-13-28-20)19-8-2-5-17-7-3-10-25-21(17)19;1-4-6(7(10)11)5(2)9-3-8-4/h1,3-4,6-7,10-11,13-14,19H,2,5,8-9,12,15H2,(H2,23,27);3H,1-2H3,(H,10,11). The van der Waals surface area contributed by atoms with Crippen LogP contribution in [0.4, 0.5) is 0 Å². The second-order valence-corrected chi connectivity index (χ2v) is 10.4. The molecule has 0 radical (unpaired) electrons. The summed E-state index contributed by atoms with van der Waals surface area (Å²) in [6, 6.07) is 12.1. The van der Waals surface area contributed by atoms with Crippen molar-refractivity contribution in [3.05, 3.63) is 105 Å². The number of nitrogens with two attached hydrogens (primary N) is 1. The summed E-state index contributed by atoms with van der Waals surface area (Å²) < 4.78 is 0. The number of pyridine rings is 1. The molecule has 202 valence electrons. The topological polar surface area (TPSA) is 135 Å². The van der Waals surface area contributed by atoms with Gasteiger partial charge in [0.2, 0.25) is 5.91 Å². The molecule has 1 unspecified atom stereocenters. The van der Waals surface area contributed by atoms with Crippen molar-refractivity contribution in [2.75, 3.05) is 6.54 Å². The van der Waals surface area contributed by atoms with Crippen molar-refractivity contribution in [3.8, 4) is 0 Å². The van der Waals surface area contributed by atoms with Gasteiger partial charge in [-0.15, -0.1) is 11.3 Å². The predicted octanol–water partition coefficient (Wildman–Crippen LogP) is 4.55. The minimum absolute atomic E-state index is 0.201. The lowest BCUT2D eigenvalue weighted by molar-refractivity contribution is 0.0694. The zero-order chi connectivity index (χ0) is 27.8. The van der Waals surface area contributed by atoms with Crippen LogP contribution < -0.4 is 5.73 Å². The summed E-state index contributed by atoms with van der Waals surface area (Å²) in [4.78, 5) is 41.3. The third-order valence-corrected chi connectivity index (χ3v) is 7.58. The Morgan fingerprint density at radius 3 is 2.54 bits per heavy atom. The van der Waals surface area contributed by atoms with E-state index in [1.807, 2.05) is 36.0 Å². The van der Waals surface area contributed by atoms with Gasteiger partial charge in [-0.2, -0.15) is 0 Å². The summed E-state index contributed by atoms with van der Waals surface area (Å²) in [7, 11) is 0. The SMILES string of the molecule is Cc1ncnc(C)c1C(=O)O.NC(=O)c1cccc(CN(CCc2nccs2)C2CCCc3cccnc32)c1. The maximum absolute atomic E-state index is 11.6. The van der Waals surface area contributed by atoms with Gasteiger partial charge < -0.3 is 10.8 Å². The van der Waals surface area contributed by atoms with E-state index >= 15 is 0 Å². The molecule has 1 aliphatic rings. The molecule has 0 aliphatic heterocycles. The van der Waals surface area contributed by atoms with Crippen LogP contribution in [-0.4, -0.2) is 48.4 Å². The number of aromatic carboxylic acids is 1. The molecule has 39 heavy (non-hydrogen) atoms. The second-order valence-electron chi connectivity index (χ2n) is 9.39. The first kappa shape index (κ1) is 28.0. The third kappa shape index (κ3) is 7.30. The van der Waals surface area contributed by atoms with Crippen LogP contribution in [0.1, 0.15) is 72.8 Å². The normalized spacial score (nSPS) is 14.3. The van der Waals surface area contributed by atoms with Crippen molar-refractivity contribution in [3.63, 3.8) is 0 Å². The highest BCUT2D eigenvalue weighted by atomic mass is 32.1. The van der Waals surface area contributed by atoms with Gasteiger partial charge in [-0.3, -0.25) is 14.7 Å². The number of thiazole rings is 1. The number of rotatable bonds is 8. The fraction of sp³-hybridized carbons (Fsp3) is 0.310. The van der Waals surface area contributed by atoms with Crippen LogP contribution in [0.2, 0.25) is 0 Å². The van der Waals surface area contributed by atoms with Crippen LogP contribution in [-0.2, 0) is 19.4 Å². The molecular formula is C29H32N6O3S. The van der Waals surface area contributed by atoms with Crippen LogP contribution in [0.25, 0.3) is 0 Å². The molecule has 3 aromatic heterocycles. The molecule has 0 bridgehead atoms. The van der Waals surface area contributed by atoms with E-state index in [9.17, 15) is 9.59 Å². The summed E-state index contributed by atoms with van der Waals surface area (Å²) in [5.74, 6) is -1.36. The Morgan fingerprint density at radius 2 is 1.87 bits per heavy atom. The molecule has 9 nitrogen and oxygen atoms in total. The number of fused-ring (bicyclic) bond motifs is 1. The number of carbonyl (C=O) groups is 2. The van der Waals surface area contributed by atoms with E-state index in [-0.39, 0.29) is 17.5 Å². The Hall–Kier alpha value is -4.02. The molecule has 1 atom stereocenters. The monoisotopic (exact) mass is 544 g/mol. The van der Waals surface area contributed by atoms with Crippen molar-refractivity contribution < 1.29 is 14.7 Å². The average Bonchev–Trinajstić information content (AvgIpc) is 3.45. The highest BCUT2D eigenvalue weighted by molar-refractivity contribution is 7.09. The predicted molar refractivity (Wildman–Crippen MR) is 150 cm³/mol. The molecule has 0 spiro atoms. The number of carboxylic acids is 1. The molecule has 1 amide bonds.